The lowest BCUT2D eigenvalue weighted by Crippen LogP contribution is -2.50. The summed E-state index contributed by atoms with van der Waals surface area (Å²) < 4.78 is 50.4. The van der Waals surface area contributed by atoms with E-state index in [1.165, 1.54) is 0 Å². The van der Waals surface area contributed by atoms with Crippen LogP contribution in [0.2, 0.25) is 0 Å². The molecule has 0 saturated heterocycles. The number of nitriles is 1. The number of carbonyl (C=O) groups excluding carboxylic acids is 3. The highest BCUT2D eigenvalue weighted by molar-refractivity contribution is 8.26. The molecule has 0 bridgehead atoms. The number of hydrogen-bond acceptors (Lipinski definition) is 13. The minimum Gasteiger partial charge on any atom is -0.481 e. The van der Waals surface area contributed by atoms with Gasteiger partial charge in [-0.15, -0.1) is 12.8 Å². The van der Waals surface area contributed by atoms with Gasteiger partial charge < -0.3 is 33.3 Å². The molecule has 0 spiro atoms. The van der Waals surface area contributed by atoms with Crippen LogP contribution in [-0.2, 0) is 36.5 Å². The summed E-state index contributed by atoms with van der Waals surface area (Å²) in [6.07, 6.45) is 11.2. The summed E-state index contributed by atoms with van der Waals surface area (Å²) >= 11 is 0. The zero-order valence-corrected chi connectivity index (χ0v) is 38.2. The molecule has 14 nitrogen and oxygen atoms in total. The molecule has 1 rings (SSSR count). The molecule has 58 heavy (non-hydrogen) atoms. The van der Waals surface area contributed by atoms with Crippen molar-refractivity contribution in [3.8, 4) is 42.3 Å². The van der Waals surface area contributed by atoms with Gasteiger partial charge in [-0.25, -0.2) is 4.67 Å². The molecule has 0 radical (unpaired) electrons. The van der Waals surface area contributed by atoms with Crippen LogP contribution in [0.25, 0.3) is 0 Å². The Morgan fingerprint density at radius 1 is 0.845 bits per heavy atom. The molecule has 0 fully saturated rings. The highest BCUT2D eigenvalue weighted by Crippen LogP contribution is 2.62. The number of rotatable bonds is 28. The first kappa shape index (κ1) is 52.4. The molecule has 0 aromatic heterocycles. The van der Waals surface area contributed by atoms with Crippen LogP contribution in [0.1, 0.15) is 106 Å². The molecule has 326 valence electrons. The number of nitrogens with zero attached hydrogens (tertiary/aromatic N) is 2. The summed E-state index contributed by atoms with van der Waals surface area (Å²) in [5.41, 5.74) is -2.65. The Morgan fingerprint density at radius 3 is 1.79 bits per heavy atom. The zero-order valence-electron chi connectivity index (χ0n) is 36.5. The minimum absolute atomic E-state index is 0.00468. The third-order valence-electron chi connectivity index (χ3n) is 8.37. The fourth-order valence-corrected chi connectivity index (χ4v) is 10.6. The SMILES string of the molecule is C#CCOc1cc(OCC#C)cc(C(=O)NCCC(C)(C)OS(OCC(COP(OCCC#N)N(C(C)C)C(C)C)(C(=O)OCC)C(=O)OCC)(C(C)C)C(C)C)c1. The van der Waals surface area contributed by atoms with Crippen LogP contribution < -0.4 is 14.8 Å². The standard InChI is InChI=1S/C42H66N3O11PS/c1-15-23-51-36-26-35(27-37(28-36)52-24-16-2)38(46)44-22-20-41(13,14)56-58(33(9)10,34(11)12)55-30-42(39(47)49-17-3,40(48)50-18-4)29-54-57(53-25-19-21-43)45(31(5)6)32(7)8/h1-2,26-28,31-34H,17-20,22-25,29-30H2,3-14H3,(H,44,46). The number of hydrogen-bond donors (Lipinski definition) is 1. The average molecular weight is 852 g/mol. The van der Waals surface area contributed by atoms with Crippen LogP contribution in [0, 0.1) is 41.4 Å². The molecular weight excluding hydrogens is 786 g/mol. The Labute approximate surface area is 350 Å². The molecule has 0 saturated carbocycles. The van der Waals surface area contributed by atoms with E-state index in [-0.39, 0.29) is 80.1 Å². The third-order valence-corrected chi connectivity index (χ3v) is 14.3. The van der Waals surface area contributed by atoms with Crippen molar-refractivity contribution in [2.45, 2.75) is 124 Å². The molecule has 1 atom stereocenters. The Hall–Kier alpha value is -3.58. The van der Waals surface area contributed by atoms with Gasteiger partial charge in [0.25, 0.3) is 14.4 Å². The minimum atomic E-state index is -2.57. The van der Waals surface area contributed by atoms with Gasteiger partial charge in [-0.3, -0.25) is 22.7 Å². The van der Waals surface area contributed by atoms with Crippen molar-refractivity contribution >= 4 is 37.0 Å². The van der Waals surface area contributed by atoms with Gasteiger partial charge in [0.05, 0.1) is 44.5 Å². The molecular formula is C42H66N3O11PS. The zero-order chi connectivity index (χ0) is 44.1. The van der Waals surface area contributed by atoms with Crippen LogP contribution in [0.3, 0.4) is 0 Å². The average Bonchev–Trinajstić information content (AvgIpc) is 3.15. The molecule has 1 aromatic carbocycles. The number of esters is 2. The predicted molar refractivity (Wildman–Crippen MR) is 228 cm³/mol. The van der Waals surface area contributed by atoms with Crippen molar-refractivity contribution in [2.24, 2.45) is 5.41 Å². The molecule has 0 aliphatic rings. The molecule has 16 heteroatoms. The Bertz CT molecular complexity index is 1510. The Kier molecular flexibility index (Phi) is 23.3. The van der Waals surface area contributed by atoms with E-state index in [2.05, 4.69) is 23.2 Å². The van der Waals surface area contributed by atoms with E-state index in [9.17, 15) is 19.6 Å². The summed E-state index contributed by atoms with van der Waals surface area (Å²) in [4.78, 5) is 41.4. The van der Waals surface area contributed by atoms with Crippen molar-refractivity contribution in [3.63, 3.8) is 0 Å². The van der Waals surface area contributed by atoms with Gasteiger partial charge in [-0.1, -0.05) is 11.8 Å². The Morgan fingerprint density at radius 2 is 1.36 bits per heavy atom. The molecule has 1 amide bonds. The second-order valence-corrected chi connectivity index (χ2v) is 19.7. The van der Waals surface area contributed by atoms with E-state index in [1.807, 2.05) is 73.9 Å². The largest absolute Gasteiger partial charge is 0.481 e. The van der Waals surface area contributed by atoms with Crippen molar-refractivity contribution in [3.05, 3.63) is 23.8 Å². The predicted octanol–water partition coefficient (Wildman–Crippen LogP) is 7.50. The highest BCUT2D eigenvalue weighted by atomic mass is 32.3. The first-order valence-electron chi connectivity index (χ1n) is 19.6. The number of terminal acetylenes is 2. The first-order valence-corrected chi connectivity index (χ1v) is 22.3. The second-order valence-electron chi connectivity index (χ2n) is 14.8. The van der Waals surface area contributed by atoms with E-state index in [1.54, 1.807) is 32.0 Å². The van der Waals surface area contributed by atoms with Crippen LogP contribution in [0.15, 0.2) is 18.2 Å². The molecule has 1 N–H and O–H groups in total. The lowest BCUT2D eigenvalue weighted by molar-refractivity contribution is -0.177. The second kappa shape index (κ2) is 25.8. The topological polar surface area (TPSA) is 164 Å². The van der Waals surface area contributed by atoms with E-state index in [0.29, 0.717) is 17.9 Å². The Balaban J connectivity index is 3.52. The molecule has 0 aliphatic heterocycles. The lowest BCUT2D eigenvalue weighted by Gasteiger charge is -2.54. The normalized spacial score (nSPS) is 12.9. The number of carbonyl (C=O) groups is 3. The summed E-state index contributed by atoms with van der Waals surface area (Å²) in [5, 5.41) is 11.7. The van der Waals surface area contributed by atoms with Crippen molar-refractivity contribution in [2.75, 3.05) is 52.8 Å². The lowest BCUT2D eigenvalue weighted by atomic mass is 9.90. The van der Waals surface area contributed by atoms with Gasteiger partial charge in [0, 0.05) is 40.8 Å². The molecule has 0 heterocycles. The molecule has 0 aliphatic carbocycles. The molecule has 1 aromatic rings. The van der Waals surface area contributed by atoms with E-state index in [4.69, 9.17) is 49.2 Å². The van der Waals surface area contributed by atoms with Crippen LogP contribution in [0.5, 0.6) is 11.5 Å². The van der Waals surface area contributed by atoms with Gasteiger partial charge in [0.1, 0.15) is 31.3 Å². The maximum absolute atomic E-state index is 14.0. The van der Waals surface area contributed by atoms with Crippen molar-refractivity contribution < 1.29 is 50.7 Å². The van der Waals surface area contributed by atoms with E-state index in [0.717, 1.165) is 0 Å². The van der Waals surface area contributed by atoms with Crippen LogP contribution in [-0.4, -0.2) is 103 Å². The highest BCUT2D eigenvalue weighted by Gasteiger charge is 2.53. The number of amides is 1. The number of ether oxygens (including phenoxy) is 4. The van der Waals surface area contributed by atoms with Crippen molar-refractivity contribution in [1.29, 1.82) is 5.26 Å². The van der Waals surface area contributed by atoms with Crippen LogP contribution in [0.4, 0.5) is 0 Å². The third kappa shape index (κ3) is 15.9. The van der Waals surface area contributed by atoms with Crippen LogP contribution >= 0.6 is 19.1 Å². The summed E-state index contributed by atoms with van der Waals surface area (Å²) in [7, 11) is -4.42. The first-order chi connectivity index (χ1) is 27.3. The van der Waals surface area contributed by atoms with Gasteiger partial charge in [0.15, 0.2) is 0 Å². The fraction of sp³-hybridized carbons (Fsp3) is 0.667. The summed E-state index contributed by atoms with van der Waals surface area (Å²) in [5.74, 6) is 3.38. The fourth-order valence-electron chi connectivity index (χ4n) is 5.70. The number of benzene rings is 1. The van der Waals surface area contributed by atoms with E-state index >= 15 is 0 Å². The van der Waals surface area contributed by atoms with Gasteiger partial charge in [-0.05, 0) is 102 Å². The van der Waals surface area contributed by atoms with Crippen molar-refractivity contribution in [1.82, 2.24) is 9.99 Å². The maximum Gasteiger partial charge on any atom is 0.328 e. The number of nitrogens with one attached hydrogen (secondary N) is 1. The smallest absolute Gasteiger partial charge is 0.328 e. The summed E-state index contributed by atoms with van der Waals surface area (Å²) in [6.45, 7) is 22.2. The van der Waals surface area contributed by atoms with Gasteiger partial charge in [-0.2, -0.15) is 15.9 Å². The molecule has 1 unspecified atom stereocenters. The van der Waals surface area contributed by atoms with Gasteiger partial charge in [0.2, 0.25) is 5.41 Å². The van der Waals surface area contributed by atoms with E-state index < -0.39 is 55.3 Å². The quantitative estimate of drug-likeness (QED) is 0.0290. The van der Waals surface area contributed by atoms with Gasteiger partial charge >= 0.3 is 11.9 Å². The monoisotopic (exact) mass is 851 g/mol. The maximum atomic E-state index is 14.0. The summed E-state index contributed by atoms with van der Waals surface area (Å²) in [6, 6.07) is 6.72.